The number of amides is 1. The van der Waals surface area contributed by atoms with Gasteiger partial charge in [-0.2, -0.15) is 0 Å². The third-order valence-corrected chi connectivity index (χ3v) is 4.41. The number of nitrogens with one attached hydrogen (secondary N) is 1. The van der Waals surface area contributed by atoms with Gasteiger partial charge in [0.05, 0.1) is 17.9 Å². The maximum Gasteiger partial charge on any atom is 0.307 e. The van der Waals surface area contributed by atoms with Gasteiger partial charge in [-0.3, -0.25) is 9.59 Å². The van der Waals surface area contributed by atoms with Gasteiger partial charge in [0, 0.05) is 6.04 Å². The minimum Gasteiger partial charge on any atom is -0.481 e. The minimum absolute atomic E-state index is 0.00706. The topological polar surface area (TPSA) is 86.6 Å². The molecule has 0 aliphatic heterocycles. The summed E-state index contributed by atoms with van der Waals surface area (Å²) in [6.07, 6.45) is 5.94. The summed E-state index contributed by atoms with van der Waals surface area (Å²) in [5.74, 6) is -1.93. The molecular weight excluding hydrogens is 246 g/mol. The molecule has 5 nitrogen and oxygen atoms in total. The van der Waals surface area contributed by atoms with Crippen LogP contribution < -0.4 is 5.32 Å². The Morgan fingerprint density at radius 3 is 2.26 bits per heavy atom. The maximum atomic E-state index is 12.2. The predicted octanol–water partition coefficient (Wildman–Crippen LogP) is 1.30. The first-order chi connectivity index (χ1) is 9.08. The van der Waals surface area contributed by atoms with Crippen LogP contribution in [0.2, 0.25) is 0 Å². The number of rotatable bonds is 3. The fraction of sp³-hybridized carbons (Fsp3) is 0.857. The van der Waals surface area contributed by atoms with Gasteiger partial charge in [-0.15, -0.1) is 0 Å². The summed E-state index contributed by atoms with van der Waals surface area (Å²) in [5.41, 5.74) is 0. The molecule has 19 heavy (non-hydrogen) atoms. The number of carbonyl (C=O) groups excluding carboxylic acids is 1. The van der Waals surface area contributed by atoms with E-state index in [1.54, 1.807) is 0 Å². The van der Waals surface area contributed by atoms with E-state index >= 15 is 0 Å². The van der Waals surface area contributed by atoms with Crippen molar-refractivity contribution in [1.29, 1.82) is 0 Å². The molecule has 4 unspecified atom stereocenters. The van der Waals surface area contributed by atoms with Crippen molar-refractivity contribution in [3.05, 3.63) is 0 Å². The van der Waals surface area contributed by atoms with E-state index in [1.807, 2.05) is 0 Å². The summed E-state index contributed by atoms with van der Waals surface area (Å²) in [6.45, 7) is 0. The number of aliphatic hydroxyl groups excluding tert-OH is 1. The molecule has 0 heterocycles. The molecule has 0 spiro atoms. The molecule has 1 amide bonds. The number of carboxylic acid groups (broad SMARTS) is 1. The van der Waals surface area contributed by atoms with Crippen molar-refractivity contribution in [1.82, 2.24) is 5.32 Å². The Morgan fingerprint density at radius 1 is 0.947 bits per heavy atom. The summed E-state index contributed by atoms with van der Waals surface area (Å²) in [6, 6.07) is 0.00706. The second-order valence-corrected chi connectivity index (χ2v) is 5.86. The van der Waals surface area contributed by atoms with Crippen LogP contribution in [0.15, 0.2) is 0 Å². The molecule has 0 aromatic heterocycles. The molecule has 2 saturated carbocycles. The Hall–Kier alpha value is -1.10. The lowest BCUT2D eigenvalue weighted by Crippen LogP contribution is -2.46. The Morgan fingerprint density at radius 2 is 1.63 bits per heavy atom. The lowest BCUT2D eigenvalue weighted by atomic mass is 9.78. The van der Waals surface area contributed by atoms with E-state index in [2.05, 4.69) is 5.32 Å². The zero-order valence-corrected chi connectivity index (χ0v) is 11.2. The monoisotopic (exact) mass is 269 g/mol. The summed E-state index contributed by atoms with van der Waals surface area (Å²) in [5, 5.41) is 21.7. The fourth-order valence-electron chi connectivity index (χ4n) is 3.34. The highest BCUT2D eigenvalue weighted by Gasteiger charge is 2.36. The van der Waals surface area contributed by atoms with Crippen LogP contribution in [0.1, 0.15) is 51.4 Å². The number of aliphatic carboxylic acids is 1. The molecule has 4 atom stereocenters. The molecule has 2 fully saturated rings. The Balaban J connectivity index is 1.92. The fourth-order valence-corrected chi connectivity index (χ4v) is 3.34. The Kier molecular flexibility index (Phi) is 4.80. The van der Waals surface area contributed by atoms with Gasteiger partial charge in [-0.05, 0) is 38.5 Å². The molecule has 0 aromatic rings. The summed E-state index contributed by atoms with van der Waals surface area (Å²) < 4.78 is 0. The van der Waals surface area contributed by atoms with Gasteiger partial charge in [-0.1, -0.05) is 12.8 Å². The quantitative estimate of drug-likeness (QED) is 0.720. The molecule has 2 aliphatic carbocycles. The number of aliphatic hydroxyl groups is 1. The molecule has 2 aliphatic rings. The molecule has 2 rings (SSSR count). The van der Waals surface area contributed by atoms with Crippen molar-refractivity contribution < 1.29 is 19.8 Å². The van der Waals surface area contributed by atoms with Crippen molar-refractivity contribution in [2.24, 2.45) is 11.8 Å². The highest BCUT2D eigenvalue weighted by molar-refractivity contribution is 5.85. The largest absolute Gasteiger partial charge is 0.481 e. The van der Waals surface area contributed by atoms with Crippen LogP contribution in [0, 0.1) is 11.8 Å². The highest BCUT2D eigenvalue weighted by Crippen LogP contribution is 2.31. The molecule has 0 bridgehead atoms. The van der Waals surface area contributed by atoms with Gasteiger partial charge in [0.1, 0.15) is 0 Å². The van der Waals surface area contributed by atoms with Crippen LogP contribution in [0.25, 0.3) is 0 Å². The standard InChI is InChI=1S/C14H23NO4/c16-10-5-3-4-9(8-10)15-13(17)11-6-1-2-7-12(11)14(18)19/h9-12,16H,1-8H2,(H,15,17)(H,18,19). The molecule has 0 aromatic carbocycles. The van der Waals surface area contributed by atoms with E-state index in [-0.39, 0.29) is 18.1 Å². The second kappa shape index (κ2) is 6.37. The van der Waals surface area contributed by atoms with Gasteiger partial charge < -0.3 is 15.5 Å². The van der Waals surface area contributed by atoms with Crippen molar-refractivity contribution in [2.45, 2.75) is 63.5 Å². The van der Waals surface area contributed by atoms with Crippen LogP contribution in [0.4, 0.5) is 0 Å². The Bertz CT molecular complexity index is 344. The van der Waals surface area contributed by atoms with Crippen LogP contribution in [0.5, 0.6) is 0 Å². The van der Waals surface area contributed by atoms with Gasteiger partial charge in [0.15, 0.2) is 0 Å². The van der Waals surface area contributed by atoms with Crippen molar-refractivity contribution in [3.63, 3.8) is 0 Å². The summed E-state index contributed by atoms with van der Waals surface area (Å²) >= 11 is 0. The van der Waals surface area contributed by atoms with E-state index in [9.17, 15) is 19.8 Å². The first kappa shape index (κ1) is 14.3. The number of hydrogen-bond acceptors (Lipinski definition) is 3. The van der Waals surface area contributed by atoms with Gasteiger partial charge in [0.25, 0.3) is 0 Å². The van der Waals surface area contributed by atoms with Crippen molar-refractivity contribution in [3.8, 4) is 0 Å². The van der Waals surface area contributed by atoms with Crippen LogP contribution in [0.3, 0.4) is 0 Å². The average molecular weight is 269 g/mol. The van der Waals surface area contributed by atoms with E-state index < -0.39 is 17.8 Å². The molecule has 3 N–H and O–H groups in total. The third-order valence-electron chi connectivity index (χ3n) is 4.41. The van der Waals surface area contributed by atoms with E-state index in [1.165, 1.54) is 0 Å². The lowest BCUT2D eigenvalue weighted by molar-refractivity contribution is -0.149. The molecule has 108 valence electrons. The first-order valence-corrected chi connectivity index (χ1v) is 7.29. The van der Waals surface area contributed by atoms with E-state index in [0.29, 0.717) is 19.3 Å². The number of carbonyl (C=O) groups is 2. The normalized spacial score (nSPS) is 35.6. The minimum atomic E-state index is -0.858. The van der Waals surface area contributed by atoms with Crippen molar-refractivity contribution in [2.75, 3.05) is 0 Å². The van der Waals surface area contributed by atoms with Crippen LogP contribution >= 0.6 is 0 Å². The predicted molar refractivity (Wildman–Crippen MR) is 69.5 cm³/mol. The summed E-state index contributed by atoms with van der Waals surface area (Å²) in [4.78, 5) is 23.4. The average Bonchev–Trinajstić information content (AvgIpc) is 2.38. The zero-order valence-electron chi connectivity index (χ0n) is 11.2. The van der Waals surface area contributed by atoms with Gasteiger partial charge >= 0.3 is 5.97 Å². The van der Waals surface area contributed by atoms with E-state index in [0.717, 1.165) is 32.1 Å². The first-order valence-electron chi connectivity index (χ1n) is 7.29. The lowest BCUT2D eigenvalue weighted by Gasteiger charge is -2.31. The number of hydrogen-bond donors (Lipinski definition) is 3. The second-order valence-electron chi connectivity index (χ2n) is 5.86. The van der Waals surface area contributed by atoms with Gasteiger partial charge in [-0.25, -0.2) is 0 Å². The van der Waals surface area contributed by atoms with Crippen LogP contribution in [-0.4, -0.2) is 34.2 Å². The SMILES string of the molecule is O=C(O)C1CCCCC1C(=O)NC1CCCC(O)C1. The molecule has 0 saturated heterocycles. The number of carboxylic acids is 1. The molecule has 5 heteroatoms. The third kappa shape index (κ3) is 3.69. The molecular formula is C14H23NO4. The Labute approximate surface area is 113 Å². The smallest absolute Gasteiger partial charge is 0.307 e. The molecule has 0 radical (unpaired) electrons. The zero-order chi connectivity index (χ0) is 13.8. The van der Waals surface area contributed by atoms with Crippen LogP contribution in [-0.2, 0) is 9.59 Å². The van der Waals surface area contributed by atoms with Gasteiger partial charge in [0.2, 0.25) is 5.91 Å². The highest BCUT2D eigenvalue weighted by atomic mass is 16.4. The van der Waals surface area contributed by atoms with Crippen molar-refractivity contribution >= 4 is 11.9 Å². The summed E-state index contributed by atoms with van der Waals surface area (Å²) in [7, 11) is 0. The van der Waals surface area contributed by atoms with E-state index in [4.69, 9.17) is 0 Å². The maximum absolute atomic E-state index is 12.2.